The quantitative estimate of drug-likeness (QED) is 0.727. The van der Waals surface area contributed by atoms with Crippen LogP contribution in [0.4, 0.5) is 14.5 Å². The summed E-state index contributed by atoms with van der Waals surface area (Å²) in [6.45, 7) is 0. The van der Waals surface area contributed by atoms with Gasteiger partial charge in [-0.25, -0.2) is 8.78 Å². The van der Waals surface area contributed by atoms with Gasteiger partial charge in [0.25, 0.3) is 5.89 Å². The predicted octanol–water partition coefficient (Wildman–Crippen LogP) is 2.66. The van der Waals surface area contributed by atoms with Gasteiger partial charge in [0, 0.05) is 12.3 Å². The summed E-state index contributed by atoms with van der Waals surface area (Å²) in [4.78, 5) is 8.07. The van der Waals surface area contributed by atoms with E-state index < -0.39 is 11.6 Å². The number of nitrogen functional groups attached to an aromatic ring is 1. The lowest BCUT2D eigenvalue weighted by Gasteiger charge is -2.00. The van der Waals surface area contributed by atoms with Crippen molar-refractivity contribution in [3.63, 3.8) is 0 Å². The Balaban J connectivity index is 2.05. The minimum atomic E-state index is -0.837. The molecule has 100 valence electrons. The third kappa shape index (κ3) is 2.09. The highest BCUT2D eigenvalue weighted by molar-refractivity contribution is 5.62. The molecular formula is C13H8F2N4O. The number of halogens is 2. The van der Waals surface area contributed by atoms with Crippen molar-refractivity contribution < 1.29 is 13.3 Å². The van der Waals surface area contributed by atoms with Crippen molar-refractivity contribution in [2.45, 2.75) is 0 Å². The molecule has 1 aromatic carbocycles. The molecule has 0 aliphatic rings. The second-order valence-electron chi connectivity index (χ2n) is 3.99. The van der Waals surface area contributed by atoms with E-state index >= 15 is 0 Å². The first-order chi connectivity index (χ1) is 9.65. The molecule has 0 bridgehead atoms. The van der Waals surface area contributed by atoms with Gasteiger partial charge in [0.15, 0.2) is 0 Å². The monoisotopic (exact) mass is 274 g/mol. The van der Waals surface area contributed by atoms with Crippen LogP contribution in [-0.2, 0) is 0 Å². The number of hydrogen-bond donors (Lipinski definition) is 1. The fraction of sp³-hybridized carbons (Fsp3) is 0. The smallest absolute Gasteiger partial charge is 0.261 e. The Kier molecular flexibility index (Phi) is 2.86. The SMILES string of the molecule is Nc1cc(-c2nc(-c3ccccn3)no2)c(F)cc1F. The molecule has 0 saturated carbocycles. The van der Waals surface area contributed by atoms with Gasteiger partial charge in [-0.3, -0.25) is 4.98 Å². The maximum atomic E-state index is 13.7. The van der Waals surface area contributed by atoms with E-state index in [2.05, 4.69) is 15.1 Å². The van der Waals surface area contributed by atoms with Crippen LogP contribution in [0.5, 0.6) is 0 Å². The molecule has 2 aromatic heterocycles. The highest BCUT2D eigenvalue weighted by atomic mass is 19.1. The van der Waals surface area contributed by atoms with Crippen LogP contribution in [-0.4, -0.2) is 15.1 Å². The van der Waals surface area contributed by atoms with E-state index in [-0.39, 0.29) is 23.0 Å². The zero-order valence-electron chi connectivity index (χ0n) is 10.0. The molecule has 0 atom stereocenters. The molecule has 0 amide bonds. The summed E-state index contributed by atoms with van der Waals surface area (Å²) in [5, 5.41) is 3.71. The third-order valence-electron chi connectivity index (χ3n) is 2.64. The average molecular weight is 274 g/mol. The molecule has 20 heavy (non-hydrogen) atoms. The van der Waals surface area contributed by atoms with Crippen molar-refractivity contribution in [2.75, 3.05) is 5.73 Å². The van der Waals surface area contributed by atoms with Crippen molar-refractivity contribution in [2.24, 2.45) is 0 Å². The summed E-state index contributed by atoms with van der Waals surface area (Å²) < 4.78 is 31.8. The summed E-state index contributed by atoms with van der Waals surface area (Å²) in [5.74, 6) is -1.54. The van der Waals surface area contributed by atoms with Gasteiger partial charge < -0.3 is 10.3 Å². The molecule has 3 rings (SSSR count). The first-order valence-corrected chi connectivity index (χ1v) is 5.65. The number of aromatic nitrogens is 3. The predicted molar refractivity (Wildman–Crippen MR) is 67.3 cm³/mol. The van der Waals surface area contributed by atoms with Gasteiger partial charge in [-0.05, 0) is 18.2 Å². The van der Waals surface area contributed by atoms with Crippen molar-refractivity contribution >= 4 is 5.69 Å². The number of nitrogens with zero attached hydrogens (tertiary/aromatic N) is 3. The molecule has 0 radical (unpaired) electrons. The molecule has 3 aromatic rings. The summed E-state index contributed by atoms with van der Waals surface area (Å²) in [7, 11) is 0. The molecule has 2 heterocycles. The van der Waals surface area contributed by atoms with Gasteiger partial charge in [0.1, 0.15) is 17.3 Å². The van der Waals surface area contributed by atoms with Gasteiger partial charge in [0.2, 0.25) is 5.82 Å². The lowest BCUT2D eigenvalue weighted by Crippen LogP contribution is -1.94. The Labute approximate surface area is 112 Å². The summed E-state index contributed by atoms with van der Waals surface area (Å²) in [6.07, 6.45) is 1.57. The van der Waals surface area contributed by atoms with Crippen molar-refractivity contribution in [1.29, 1.82) is 0 Å². The minimum absolute atomic E-state index is 0.0569. The molecule has 0 saturated heterocycles. The number of anilines is 1. The van der Waals surface area contributed by atoms with Gasteiger partial charge >= 0.3 is 0 Å². The van der Waals surface area contributed by atoms with Crippen LogP contribution in [0.15, 0.2) is 41.1 Å². The van der Waals surface area contributed by atoms with Crippen LogP contribution in [0.1, 0.15) is 0 Å². The maximum Gasteiger partial charge on any atom is 0.261 e. The summed E-state index contributed by atoms with van der Waals surface area (Å²) in [5.41, 5.74) is 5.63. The van der Waals surface area contributed by atoms with Crippen molar-refractivity contribution in [3.8, 4) is 23.0 Å². The van der Waals surface area contributed by atoms with Gasteiger partial charge in [-0.1, -0.05) is 11.2 Å². The van der Waals surface area contributed by atoms with Crippen LogP contribution >= 0.6 is 0 Å². The highest BCUT2D eigenvalue weighted by Gasteiger charge is 2.17. The average Bonchev–Trinajstić information content (AvgIpc) is 2.93. The third-order valence-corrected chi connectivity index (χ3v) is 2.64. The first-order valence-electron chi connectivity index (χ1n) is 5.65. The molecule has 7 heteroatoms. The lowest BCUT2D eigenvalue weighted by molar-refractivity contribution is 0.429. The Bertz CT molecular complexity index is 758. The van der Waals surface area contributed by atoms with Gasteiger partial charge in [-0.15, -0.1) is 0 Å². The summed E-state index contributed by atoms with van der Waals surface area (Å²) >= 11 is 0. The zero-order chi connectivity index (χ0) is 14.1. The first kappa shape index (κ1) is 12.2. The van der Waals surface area contributed by atoms with E-state index in [1.54, 1.807) is 24.4 Å². The molecule has 5 nitrogen and oxygen atoms in total. The lowest BCUT2D eigenvalue weighted by atomic mass is 10.2. The van der Waals surface area contributed by atoms with Crippen LogP contribution in [0.3, 0.4) is 0 Å². The number of benzene rings is 1. The minimum Gasteiger partial charge on any atom is -0.396 e. The Morgan fingerprint density at radius 1 is 1.10 bits per heavy atom. The van der Waals surface area contributed by atoms with Crippen molar-refractivity contribution in [1.82, 2.24) is 15.1 Å². The normalized spacial score (nSPS) is 10.7. The van der Waals surface area contributed by atoms with Crippen molar-refractivity contribution in [3.05, 3.63) is 48.2 Å². The second kappa shape index (κ2) is 4.69. The summed E-state index contributed by atoms with van der Waals surface area (Å²) in [6, 6.07) is 6.97. The van der Waals surface area contributed by atoms with E-state index in [9.17, 15) is 8.78 Å². The van der Waals surface area contributed by atoms with Gasteiger partial charge in [0.05, 0.1) is 11.3 Å². The van der Waals surface area contributed by atoms with Crippen LogP contribution in [0, 0.1) is 11.6 Å². The van der Waals surface area contributed by atoms with E-state index in [1.165, 1.54) is 0 Å². The Hall–Kier alpha value is -2.83. The van der Waals surface area contributed by atoms with E-state index in [4.69, 9.17) is 10.3 Å². The second-order valence-corrected chi connectivity index (χ2v) is 3.99. The molecule has 0 aliphatic carbocycles. The Morgan fingerprint density at radius 3 is 2.70 bits per heavy atom. The number of pyridine rings is 1. The highest BCUT2D eigenvalue weighted by Crippen LogP contribution is 2.27. The van der Waals surface area contributed by atoms with E-state index in [0.717, 1.165) is 6.07 Å². The van der Waals surface area contributed by atoms with E-state index in [0.29, 0.717) is 11.8 Å². The maximum absolute atomic E-state index is 13.7. The van der Waals surface area contributed by atoms with E-state index in [1.807, 2.05) is 0 Å². The molecule has 0 fully saturated rings. The number of rotatable bonds is 2. The number of hydrogen-bond acceptors (Lipinski definition) is 5. The largest absolute Gasteiger partial charge is 0.396 e. The molecule has 0 unspecified atom stereocenters. The standard InChI is InChI=1S/C13H8F2N4O/c14-8-6-9(15)10(16)5-7(8)13-18-12(19-20-13)11-3-1-2-4-17-11/h1-6H,16H2. The van der Waals surface area contributed by atoms with Crippen LogP contribution in [0.25, 0.3) is 23.0 Å². The molecular weight excluding hydrogens is 266 g/mol. The molecule has 0 spiro atoms. The molecule has 0 aliphatic heterocycles. The molecule has 2 N–H and O–H groups in total. The van der Waals surface area contributed by atoms with Crippen LogP contribution < -0.4 is 5.73 Å². The fourth-order valence-corrected chi connectivity index (χ4v) is 1.66. The van der Waals surface area contributed by atoms with Gasteiger partial charge in [-0.2, -0.15) is 4.98 Å². The van der Waals surface area contributed by atoms with Crippen LogP contribution in [0.2, 0.25) is 0 Å². The fourth-order valence-electron chi connectivity index (χ4n) is 1.66. The zero-order valence-corrected chi connectivity index (χ0v) is 10.0. The number of nitrogens with two attached hydrogens (primary N) is 1. The topological polar surface area (TPSA) is 77.8 Å². The Morgan fingerprint density at radius 2 is 1.95 bits per heavy atom.